The minimum Gasteiger partial charge on any atom is -0.465 e. The van der Waals surface area contributed by atoms with Crippen molar-refractivity contribution in [3.05, 3.63) is 117 Å². The lowest BCUT2D eigenvalue weighted by Crippen LogP contribution is -2.39. The number of hydrogen-bond donors (Lipinski definition) is 7. The third kappa shape index (κ3) is 22.0. The Balaban J connectivity index is 0.000000174. The number of esters is 3. The number of amides is 5. The summed E-state index contributed by atoms with van der Waals surface area (Å²) in [6, 6.07) is 24.0. The number of fused-ring (bicyclic) bond motifs is 6. The average Bonchev–Trinajstić information content (AvgIpc) is 1.62. The number of thiazole rings is 3. The molecule has 9 aromatic rings. The molecule has 0 unspecified atom stereocenters. The van der Waals surface area contributed by atoms with E-state index in [-0.39, 0.29) is 80.3 Å². The molecule has 8 N–H and O–H groups in total. The van der Waals surface area contributed by atoms with Crippen LogP contribution in [0.1, 0.15) is 106 Å². The zero-order chi connectivity index (χ0) is 74.7. The first-order chi connectivity index (χ1) is 49.8. The summed E-state index contributed by atoms with van der Waals surface area (Å²) in [6.45, 7) is 25.7. The van der Waals surface area contributed by atoms with Crippen molar-refractivity contribution in [2.75, 3.05) is 88.1 Å². The van der Waals surface area contributed by atoms with Gasteiger partial charge in [0, 0.05) is 76.9 Å². The van der Waals surface area contributed by atoms with Gasteiger partial charge < -0.3 is 71.1 Å². The molecule has 0 spiro atoms. The molecule has 3 aliphatic heterocycles. The third-order valence-electron chi connectivity index (χ3n) is 15.5. The number of nitrogens with zero attached hydrogens (tertiary/aromatic N) is 5. The van der Waals surface area contributed by atoms with Crippen LogP contribution >= 0.6 is 68.0 Å². The Labute approximate surface area is 627 Å². The van der Waals surface area contributed by atoms with Gasteiger partial charge in [0.2, 0.25) is 17.7 Å². The van der Waals surface area contributed by atoms with Crippen LogP contribution in [0, 0.1) is 0 Å². The monoisotopic (exact) mass is 1530 g/mol. The van der Waals surface area contributed by atoms with E-state index in [1.807, 2.05) is 108 Å². The molecule has 3 aromatic carbocycles. The van der Waals surface area contributed by atoms with Crippen molar-refractivity contribution in [2.24, 2.45) is 5.73 Å². The predicted molar refractivity (Wildman–Crippen MR) is 415 cm³/mol. The average molecular weight is 1530 g/mol. The highest BCUT2D eigenvalue weighted by atomic mass is 32.1. The molecule has 0 bridgehead atoms. The molecule has 3 aliphatic rings. The highest BCUT2D eigenvalue weighted by Crippen LogP contribution is 2.49. The van der Waals surface area contributed by atoms with Gasteiger partial charge in [0.1, 0.15) is 41.2 Å². The van der Waals surface area contributed by atoms with Crippen molar-refractivity contribution in [3.8, 4) is 31.7 Å². The van der Waals surface area contributed by atoms with Gasteiger partial charge in [-0.1, -0.05) is 43.0 Å². The van der Waals surface area contributed by atoms with Crippen molar-refractivity contribution < 1.29 is 62.0 Å². The Morgan fingerprint density at radius 2 is 0.904 bits per heavy atom. The molecule has 0 saturated heterocycles. The van der Waals surface area contributed by atoms with Gasteiger partial charge in [0.05, 0.1) is 83.2 Å². The number of anilines is 3. The van der Waals surface area contributed by atoms with Gasteiger partial charge in [0.15, 0.2) is 0 Å². The van der Waals surface area contributed by atoms with E-state index in [0.717, 1.165) is 118 Å². The summed E-state index contributed by atoms with van der Waals surface area (Å²) < 4.78 is 28.6. The molecule has 554 valence electrons. The van der Waals surface area contributed by atoms with E-state index in [0.29, 0.717) is 71.9 Å². The van der Waals surface area contributed by atoms with Crippen LogP contribution in [0.3, 0.4) is 0 Å². The topological polar surface area (TPSA) is 326 Å². The van der Waals surface area contributed by atoms with Crippen molar-refractivity contribution >= 4 is 161 Å². The Morgan fingerprint density at radius 3 is 1.27 bits per heavy atom. The number of carbonyl (C=O) groups excluding carboxylic acids is 8. The molecule has 104 heavy (non-hydrogen) atoms. The van der Waals surface area contributed by atoms with E-state index in [9.17, 15) is 38.4 Å². The normalized spacial score (nSPS) is 13.1. The number of aromatic nitrogens is 3. The zero-order valence-electron chi connectivity index (χ0n) is 59.7. The van der Waals surface area contributed by atoms with E-state index in [2.05, 4.69) is 49.3 Å². The van der Waals surface area contributed by atoms with Crippen LogP contribution < -0.4 is 37.6 Å². The predicted octanol–water partition coefficient (Wildman–Crippen LogP) is 12.9. The van der Waals surface area contributed by atoms with E-state index in [1.165, 1.54) is 39.2 Å². The fraction of sp³-hybridized carbons (Fsp3) is 0.411. The third-order valence-corrected chi connectivity index (χ3v) is 22.0. The summed E-state index contributed by atoms with van der Waals surface area (Å²) >= 11 is 9.44. The SMILES string of the molecule is C=CC(=O)Nc1sc2c(c1-c1nc3ccccc3s1)CCN(C(=O)OC(C)(C)C)C2.CCOC(=O)CN.CCOC(=O)CNCCC(=O)Nc1sc2c(c1-c1nc3ccccc3s1)CCN(C(=O)OC(C)(C)C)C2.CCOC(=O)CNCCC(=O)Nc1sc2c(c1-c1nc3ccccc3s1)CCNC2. The molecule has 0 atom stereocenters. The standard InChI is InChI=1S/C26H32N4O5S2.C22H23N3O3S2.C21H24N4O3S2.C4H9NO2/c1-5-34-21(32)14-27-12-10-20(31)29-24-22(23-28-17-8-6-7-9-18(17)36-23)16-11-13-30(15-19(16)37-24)25(33)35-26(2,3)4;1-5-17(26)24-20-18(19-23-14-8-6-7-9-15(14)29-19)13-10-11-25(12-16(13)30-20)21(27)28-22(2,3)4;1-2-28-18(27)12-23-10-8-17(26)25-21-19(13-7-9-22-11-16(13)30-21)20-24-14-5-3-4-6-15(14)29-20;1-2-7-4(6)3-5/h6-9,27H,5,10-15H2,1-4H3,(H,29,31);5-9H,1,10-12H2,2-4H3,(H,24,26);3-6,22-23H,2,7-12H2,1H3,(H,25,26);2-3,5H2,1H3. The minimum absolute atomic E-state index is 0.0200. The Bertz CT molecular complexity index is 4440. The summed E-state index contributed by atoms with van der Waals surface area (Å²) in [6.07, 6.45) is 3.33. The van der Waals surface area contributed by atoms with Crippen molar-refractivity contribution in [1.29, 1.82) is 0 Å². The first-order valence-electron chi connectivity index (χ1n) is 34.2. The molecule has 0 aliphatic carbocycles. The maximum Gasteiger partial charge on any atom is 0.410 e. The summed E-state index contributed by atoms with van der Waals surface area (Å²) in [5.74, 6) is -1.51. The van der Waals surface area contributed by atoms with Crippen LogP contribution in [-0.4, -0.2) is 156 Å². The molecule has 25 nitrogen and oxygen atoms in total. The van der Waals surface area contributed by atoms with Crippen LogP contribution in [0.5, 0.6) is 0 Å². The molecule has 12 rings (SSSR count). The highest BCUT2D eigenvalue weighted by Gasteiger charge is 2.34. The second-order valence-corrected chi connectivity index (χ2v) is 32.0. The van der Waals surface area contributed by atoms with Gasteiger partial charge in [-0.3, -0.25) is 28.8 Å². The number of carbonyl (C=O) groups is 8. The molecule has 0 radical (unpaired) electrons. The Hall–Kier alpha value is -8.63. The smallest absolute Gasteiger partial charge is 0.410 e. The minimum atomic E-state index is -0.570. The molecule has 9 heterocycles. The van der Waals surface area contributed by atoms with Crippen molar-refractivity contribution in [3.63, 3.8) is 0 Å². The highest BCUT2D eigenvalue weighted by molar-refractivity contribution is 7.24. The molecular weight excluding hydrogens is 1450 g/mol. The second kappa shape index (κ2) is 37.4. The van der Waals surface area contributed by atoms with E-state index in [4.69, 9.17) is 39.6 Å². The molecule has 5 amide bonds. The second-order valence-electron chi connectivity index (χ2n) is 25.6. The van der Waals surface area contributed by atoms with Gasteiger partial charge in [0.25, 0.3) is 0 Å². The number of hydrogen-bond acceptors (Lipinski definition) is 26. The summed E-state index contributed by atoms with van der Waals surface area (Å²) in [4.78, 5) is 117. The van der Waals surface area contributed by atoms with E-state index in [1.54, 1.807) is 75.9 Å². The number of thiophene rings is 3. The first kappa shape index (κ1) is 79.5. The Morgan fingerprint density at radius 1 is 0.529 bits per heavy atom. The lowest BCUT2D eigenvalue weighted by molar-refractivity contribution is -0.142. The van der Waals surface area contributed by atoms with E-state index < -0.39 is 11.2 Å². The van der Waals surface area contributed by atoms with Crippen LogP contribution in [0.2, 0.25) is 0 Å². The Kier molecular flexibility index (Phi) is 28.6. The van der Waals surface area contributed by atoms with Gasteiger partial charge in [-0.05, 0) is 147 Å². The van der Waals surface area contributed by atoms with Gasteiger partial charge in [-0.25, -0.2) is 24.5 Å². The summed E-state index contributed by atoms with van der Waals surface area (Å²) in [5.41, 5.74) is 13.1. The largest absolute Gasteiger partial charge is 0.465 e. The lowest BCUT2D eigenvalue weighted by Gasteiger charge is -2.30. The van der Waals surface area contributed by atoms with Crippen molar-refractivity contribution in [1.82, 2.24) is 40.7 Å². The van der Waals surface area contributed by atoms with Crippen LogP contribution in [0.4, 0.5) is 24.6 Å². The molecule has 0 saturated carbocycles. The van der Waals surface area contributed by atoms with Crippen molar-refractivity contribution in [2.45, 2.75) is 125 Å². The van der Waals surface area contributed by atoms with E-state index >= 15 is 0 Å². The van der Waals surface area contributed by atoms with Gasteiger partial charge in [-0.2, -0.15) is 0 Å². The molecule has 0 fully saturated rings. The van der Waals surface area contributed by atoms with Crippen LogP contribution in [-0.2, 0) is 91.3 Å². The maximum absolute atomic E-state index is 12.8. The maximum atomic E-state index is 12.8. The number of benzene rings is 3. The fourth-order valence-electron chi connectivity index (χ4n) is 11.0. The quantitative estimate of drug-likeness (QED) is 0.0152. The lowest BCUT2D eigenvalue weighted by atomic mass is 10.0. The molecule has 31 heteroatoms. The fourth-order valence-corrected chi connectivity index (χ4v) is 18.1. The van der Waals surface area contributed by atoms with Gasteiger partial charge >= 0.3 is 30.1 Å². The number of nitrogens with one attached hydrogen (secondary N) is 6. The number of para-hydroxylation sites is 3. The first-order valence-corrected chi connectivity index (χ1v) is 39.0. The number of nitrogens with two attached hydrogens (primary N) is 1. The summed E-state index contributed by atoms with van der Waals surface area (Å²) in [5, 5.41) is 23.4. The summed E-state index contributed by atoms with van der Waals surface area (Å²) in [7, 11) is 0. The van der Waals surface area contributed by atoms with Crippen LogP contribution in [0.25, 0.3) is 62.4 Å². The number of rotatable bonds is 21. The zero-order valence-corrected chi connectivity index (χ0v) is 64.6. The van der Waals surface area contributed by atoms with Gasteiger partial charge in [-0.15, -0.1) is 68.0 Å². The van der Waals surface area contributed by atoms with Crippen LogP contribution in [0.15, 0.2) is 85.5 Å². The number of ether oxygens (including phenoxy) is 5. The molecule has 6 aromatic heterocycles. The molecular formula is C73H88N12O13S6.